The minimum atomic E-state index is -0.395. The molecule has 6 heteroatoms. The Kier molecular flexibility index (Phi) is 5.45. The van der Waals surface area contributed by atoms with Gasteiger partial charge in [-0.3, -0.25) is 9.59 Å². The van der Waals surface area contributed by atoms with Gasteiger partial charge in [-0.15, -0.1) is 11.8 Å². The van der Waals surface area contributed by atoms with Crippen molar-refractivity contribution < 1.29 is 9.59 Å². The van der Waals surface area contributed by atoms with Gasteiger partial charge in [-0.25, -0.2) is 0 Å². The van der Waals surface area contributed by atoms with Gasteiger partial charge in [0.2, 0.25) is 5.91 Å². The summed E-state index contributed by atoms with van der Waals surface area (Å²) in [4.78, 5) is 28.5. The van der Waals surface area contributed by atoms with Gasteiger partial charge in [0.05, 0.1) is 17.5 Å². The van der Waals surface area contributed by atoms with Gasteiger partial charge in [-0.2, -0.15) is 5.26 Å². The average Bonchev–Trinajstić information content (AvgIpc) is 3.04. The van der Waals surface area contributed by atoms with Crippen LogP contribution < -0.4 is 0 Å². The minimum Gasteiger partial charge on any atom is -0.341 e. The molecule has 1 atom stereocenters. The van der Waals surface area contributed by atoms with Crippen LogP contribution in [0.5, 0.6) is 0 Å². The van der Waals surface area contributed by atoms with Crippen LogP contribution >= 0.6 is 11.8 Å². The number of hydrogen-bond donors (Lipinski definition) is 0. The van der Waals surface area contributed by atoms with Gasteiger partial charge in [-0.1, -0.05) is 0 Å². The van der Waals surface area contributed by atoms with Crippen LogP contribution in [0.2, 0.25) is 0 Å². The molecular formula is C16H19N3O2S. The Morgan fingerprint density at radius 3 is 2.50 bits per heavy atom. The molecule has 0 aliphatic carbocycles. The quantitative estimate of drug-likeness (QED) is 0.851. The summed E-state index contributed by atoms with van der Waals surface area (Å²) in [7, 11) is 0. The molecular weight excluding hydrogens is 298 g/mol. The number of amides is 2. The maximum absolute atomic E-state index is 12.6. The number of thioether (sulfide) groups is 1. The molecule has 0 radical (unpaired) electrons. The van der Waals surface area contributed by atoms with Crippen molar-refractivity contribution in [1.82, 2.24) is 9.80 Å². The summed E-state index contributed by atoms with van der Waals surface area (Å²) >= 11 is 1.59. The van der Waals surface area contributed by atoms with Gasteiger partial charge in [0.15, 0.2) is 0 Å². The monoisotopic (exact) mass is 317 g/mol. The number of benzene rings is 1. The summed E-state index contributed by atoms with van der Waals surface area (Å²) in [5.74, 6) is 1.02. The molecule has 1 aromatic carbocycles. The zero-order chi connectivity index (χ0) is 16.1. The molecule has 1 heterocycles. The lowest BCUT2D eigenvalue weighted by Crippen LogP contribution is -2.48. The molecule has 0 saturated carbocycles. The molecule has 1 aromatic rings. The van der Waals surface area contributed by atoms with Gasteiger partial charge in [0, 0.05) is 24.4 Å². The second-order valence-corrected chi connectivity index (χ2v) is 5.99. The maximum Gasteiger partial charge on any atom is 0.255 e. The molecule has 0 aromatic heterocycles. The summed E-state index contributed by atoms with van der Waals surface area (Å²) < 4.78 is 0. The highest BCUT2D eigenvalue weighted by Crippen LogP contribution is 2.24. The van der Waals surface area contributed by atoms with Gasteiger partial charge in [0.25, 0.3) is 5.91 Å². The first-order chi connectivity index (χ1) is 10.6. The fraction of sp³-hybridized carbons (Fsp3) is 0.438. The zero-order valence-electron chi connectivity index (χ0n) is 12.8. The van der Waals surface area contributed by atoms with Crippen molar-refractivity contribution in [2.24, 2.45) is 0 Å². The first-order valence-electron chi connectivity index (χ1n) is 7.30. The standard InChI is InChI=1S/C16H19N3O2S/c1-3-18(4-2)16(21)14-10-22-11-19(14)15(20)13-7-5-12(9-17)6-8-13/h5-8,14H,3-4,10-11H2,1-2H3/t14-/m1/s1. The van der Waals surface area contributed by atoms with Crippen molar-refractivity contribution in [1.29, 1.82) is 5.26 Å². The van der Waals surface area contributed by atoms with E-state index in [-0.39, 0.29) is 11.8 Å². The summed E-state index contributed by atoms with van der Waals surface area (Å²) in [6.45, 7) is 5.18. The molecule has 1 fully saturated rings. The molecule has 2 rings (SSSR count). The van der Waals surface area contributed by atoms with E-state index >= 15 is 0 Å². The largest absolute Gasteiger partial charge is 0.341 e. The predicted molar refractivity (Wildman–Crippen MR) is 86.4 cm³/mol. The van der Waals surface area contributed by atoms with Gasteiger partial charge < -0.3 is 9.80 Å². The van der Waals surface area contributed by atoms with Crippen molar-refractivity contribution in [3.05, 3.63) is 35.4 Å². The third kappa shape index (κ3) is 3.25. The van der Waals surface area contributed by atoms with E-state index in [1.54, 1.807) is 45.8 Å². The third-order valence-corrected chi connectivity index (χ3v) is 4.78. The molecule has 1 saturated heterocycles. The summed E-state index contributed by atoms with van der Waals surface area (Å²) in [6, 6.07) is 8.16. The lowest BCUT2D eigenvalue weighted by Gasteiger charge is -2.28. The van der Waals surface area contributed by atoms with E-state index in [0.717, 1.165) is 0 Å². The van der Waals surface area contributed by atoms with E-state index in [1.807, 2.05) is 19.9 Å². The number of hydrogen-bond acceptors (Lipinski definition) is 4. The van der Waals surface area contributed by atoms with Crippen LogP contribution in [0.1, 0.15) is 29.8 Å². The van der Waals surface area contributed by atoms with Gasteiger partial charge >= 0.3 is 0 Å². The van der Waals surface area contributed by atoms with E-state index in [0.29, 0.717) is 35.8 Å². The molecule has 5 nitrogen and oxygen atoms in total. The van der Waals surface area contributed by atoms with Crippen molar-refractivity contribution in [2.45, 2.75) is 19.9 Å². The molecule has 0 spiro atoms. The summed E-state index contributed by atoms with van der Waals surface area (Å²) in [6.07, 6.45) is 0. The van der Waals surface area contributed by atoms with Crippen molar-refractivity contribution in [3.63, 3.8) is 0 Å². The number of carbonyl (C=O) groups is 2. The Labute approximate surface area is 134 Å². The van der Waals surface area contributed by atoms with Crippen molar-refractivity contribution in [3.8, 4) is 6.07 Å². The first-order valence-corrected chi connectivity index (χ1v) is 8.45. The fourth-order valence-corrected chi connectivity index (χ4v) is 3.59. The van der Waals surface area contributed by atoms with Gasteiger partial charge in [-0.05, 0) is 38.1 Å². The summed E-state index contributed by atoms with van der Waals surface area (Å²) in [5, 5.41) is 8.81. The number of carbonyl (C=O) groups excluding carboxylic acids is 2. The molecule has 116 valence electrons. The first kappa shape index (κ1) is 16.4. The average molecular weight is 317 g/mol. The van der Waals surface area contributed by atoms with Gasteiger partial charge in [0.1, 0.15) is 6.04 Å². The Balaban J connectivity index is 2.17. The summed E-state index contributed by atoms with van der Waals surface area (Å²) in [5.41, 5.74) is 1.03. The Morgan fingerprint density at radius 1 is 1.32 bits per heavy atom. The SMILES string of the molecule is CCN(CC)C(=O)[C@H]1CSCN1C(=O)c1ccc(C#N)cc1. The molecule has 0 N–H and O–H groups in total. The highest BCUT2D eigenvalue weighted by molar-refractivity contribution is 7.99. The van der Waals surface area contributed by atoms with E-state index in [1.165, 1.54) is 0 Å². The van der Waals surface area contributed by atoms with E-state index < -0.39 is 6.04 Å². The normalized spacial score (nSPS) is 17.1. The van der Waals surface area contributed by atoms with Crippen molar-refractivity contribution in [2.75, 3.05) is 24.7 Å². The molecule has 0 bridgehead atoms. The second-order valence-electron chi connectivity index (χ2n) is 4.99. The molecule has 1 aliphatic rings. The van der Waals surface area contributed by atoms with Crippen molar-refractivity contribution >= 4 is 23.6 Å². The molecule has 1 aliphatic heterocycles. The van der Waals surface area contributed by atoms with E-state index in [9.17, 15) is 9.59 Å². The Hall–Kier alpha value is -2.00. The number of nitrogens with zero attached hydrogens (tertiary/aromatic N) is 3. The zero-order valence-corrected chi connectivity index (χ0v) is 13.6. The fourth-order valence-electron chi connectivity index (χ4n) is 2.45. The van der Waals surface area contributed by atoms with E-state index in [4.69, 9.17) is 5.26 Å². The van der Waals surface area contributed by atoms with Crippen LogP contribution in [-0.4, -0.2) is 52.4 Å². The van der Waals surface area contributed by atoms with Crippen LogP contribution in [0, 0.1) is 11.3 Å². The molecule has 0 unspecified atom stereocenters. The van der Waals surface area contributed by atoms with Crippen LogP contribution in [0.4, 0.5) is 0 Å². The minimum absolute atomic E-state index is 0.0111. The number of likely N-dealkylation sites (N-methyl/N-ethyl adjacent to an activating group) is 1. The topological polar surface area (TPSA) is 64.4 Å². The highest BCUT2D eigenvalue weighted by atomic mass is 32.2. The number of nitriles is 1. The van der Waals surface area contributed by atoms with Crippen LogP contribution in [0.25, 0.3) is 0 Å². The maximum atomic E-state index is 12.6. The second kappa shape index (κ2) is 7.32. The Bertz CT molecular complexity index is 590. The number of rotatable bonds is 4. The molecule has 2 amide bonds. The van der Waals surface area contributed by atoms with E-state index in [2.05, 4.69) is 0 Å². The Morgan fingerprint density at radius 2 is 1.95 bits per heavy atom. The van der Waals surface area contributed by atoms with Crippen LogP contribution in [0.15, 0.2) is 24.3 Å². The molecule has 22 heavy (non-hydrogen) atoms. The lowest BCUT2D eigenvalue weighted by atomic mass is 10.1. The smallest absolute Gasteiger partial charge is 0.255 e. The van der Waals surface area contributed by atoms with Crippen LogP contribution in [-0.2, 0) is 4.79 Å². The van der Waals surface area contributed by atoms with Crippen LogP contribution in [0.3, 0.4) is 0 Å². The highest BCUT2D eigenvalue weighted by Gasteiger charge is 2.36. The lowest BCUT2D eigenvalue weighted by molar-refractivity contribution is -0.134. The predicted octanol–water partition coefficient (Wildman–Crippen LogP) is 1.94. The third-order valence-electron chi connectivity index (χ3n) is 3.76.